The Morgan fingerprint density at radius 2 is 1.67 bits per heavy atom. The van der Waals surface area contributed by atoms with Crippen molar-refractivity contribution < 1.29 is 0 Å². The van der Waals surface area contributed by atoms with Crippen molar-refractivity contribution in [2.75, 3.05) is 5.33 Å². The van der Waals surface area contributed by atoms with E-state index in [2.05, 4.69) is 72.2 Å². The quantitative estimate of drug-likeness (QED) is 0.690. The average Bonchev–Trinajstić information content (AvgIpc) is 2.61. The van der Waals surface area contributed by atoms with E-state index in [1.807, 2.05) is 0 Å². The summed E-state index contributed by atoms with van der Waals surface area (Å²) in [5.41, 5.74) is 7.42. The number of rotatable bonds is 2. The SMILES string of the molecule is CC1(C)c2ccccc2-c2cccc(CCBr)c21. The van der Waals surface area contributed by atoms with E-state index in [4.69, 9.17) is 0 Å². The summed E-state index contributed by atoms with van der Waals surface area (Å²) in [7, 11) is 0. The van der Waals surface area contributed by atoms with Gasteiger partial charge in [-0.05, 0) is 34.2 Å². The van der Waals surface area contributed by atoms with Gasteiger partial charge in [0.15, 0.2) is 0 Å². The van der Waals surface area contributed by atoms with Gasteiger partial charge < -0.3 is 0 Å². The molecule has 0 heterocycles. The molecule has 2 aromatic rings. The first-order valence-corrected chi connectivity index (χ1v) is 7.56. The number of benzene rings is 2. The van der Waals surface area contributed by atoms with Gasteiger partial charge in [-0.25, -0.2) is 0 Å². The Morgan fingerprint density at radius 1 is 0.944 bits per heavy atom. The molecule has 0 radical (unpaired) electrons. The van der Waals surface area contributed by atoms with Crippen molar-refractivity contribution >= 4 is 15.9 Å². The van der Waals surface area contributed by atoms with Crippen molar-refractivity contribution in [2.24, 2.45) is 0 Å². The third-order valence-electron chi connectivity index (χ3n) is 4.03. The van der Waals surface area contributed by atoms with Crippen LogP contribution in [0, 0.1) is 0 Å². The number of hydrogen-bond acceptors (Lipinski definition) is 0. The zero-order valence-electron chi connectivity index (χ0n) is 10.8. The lowest BCUT2D eigenvalue weighted by molar-refractivity contribution is 0.652. The fourth-order valence-corrected chi connectivity index (χ4v) is 3.70. The first-order chi connectivity index (χ1) is 8.66. The van der Waals surface area contributed by atoms with Crippen molar-refractivity contribution in [2.45, 2.75) is 25.7 Å². The van der Waals surface area contributed by atoms with Crippen LogP contribution in [0.5, 0.6) is 0 Å². The van der Waals surface area contributed by atoms with Crippen LogP contribution < -0.4 is 0 Å². The van der Waals surface area contributed by atoms with Crippen molar-refractivity contribution in [3.05, 3.63) is 59.2 Å². The summed E-state index contributed by atoms with van der Waals surface area (Å²) in [5.74, 6) is 0. The van der Waals surface area contributed by atoms with Gasteiger partial charge in [-0.15, -0.1) is 0 Å². The third-order valence-corrected chi connectivity index (χ3v) is 4.43. The van der Waals surface area contributed by atoms with Gasteiger partial charge in [0.25, 0.3) is 0 Å². The highest BCUT2D eigenvalue weighted by molar-refractivity contribution is 9.09. The lowest BCUT2D eigenvalue weighted by Crippen LogP contribution is -2.17. The first-order valence-electron chi connectivity index (χ1n) is 6.44. The molecule has 1 aliphatic rings. The van der Waals surface area contributed by atoms with Gasteiger partial charge in [0.05, 0.1) is 0 Å². The molecule has 1 aliphatic carbocycles. The predicted octanol–water partition coefficient (Wildman–Crippen LogP) is 4.93. The zero-order chi connectivity index (χ0) is 12.8. The van der Waals surface area contributed by atoms with Crippen molar-refractivity contribution in [3.63, 3.8) is 0 Å². The van der Waals surface area contributed by atoms with E-state index in [0.29, 0.717) is 0 Å². The van der Waals surface area contributed by atoms with E-state index < -0.39 is 0 Å². The maximum atomic E-state index is 3.57. The van der Waals surface area contributed by atoms with Crippen LogP contribution in [-0.2, 0) is 11.8 Å². The maximum Gasteiger partial charge on any atom is 0.0161 e. The molecule has 0 bridgehead atoms. The highest BCUT2D eigenvalue weighted by atomic mass is 79.9. The molecule has 18 heavy (non-hydrogen) atoms. The number of hydrogen-bond donors (Lipinski definition) is 0. The number of fused-ring (bicyclic) bond motifs is 3. The molecule has 3 rings (SSSR count). The summed E-state index contributed by atoms with van der Waals surface area (Å²) in [4.78, 5) is 0. The first kappa shape index (κ1) is 12.0. The summed E-state index contributed by atoms with van der Waals surface area (Å²) in [6, 6.07) is 15.5. The molecule has 92 valence electrons. The second-order valence-electron chi connectivity index (χ2n) is 5.45. The molecule has 0 saturated carbocycles. The molecular formula is C17H17Br. The summed E-state index contributed by atoms with van der Waals surface area (Å²) in [5, 5.41) is 1.02. The van der Waals surface area contributed by atoms with E-state index in [1.165, 1.54) is 27.8 Å². The monoisotopic (exact) mass is 300 g/mol. The molecule has 0 aliphatic heterocycles. The number of alkyl halides is 1. The molecule has 0 amide bonds. The molecule has 0 fully saturated rings. The van der Waals surface area contributed by atoms with Gasteiger partial charge in [-0.1, -0.05) is 72.2 Å². The Morgan fingerprint density at radius 3 is 2.44 bits per heavy atom. The molecule has 1 heteroatoms. The standard InChI is InChI=1S/C17H17Br/c1-17(2)15-9-4-3-7-13(15)14-8-5-6-12(10-11-18)16(14)17/h3-9H,10-11H2,1-2H3. The summed E-state index contributed by atoms with van der Waals surface area (Å²) in [6.07, 6.45) is 1.10. The largest absolute Gasteiger partial charge is 0.0924 e. The van der Waals surface area contributed by atoms with Crippen LogP contribution in [0.2, 0.25) is 0 Å². The molecule has 0 atom stereocenters. The molecule has 0 unspecified atom stereocenters. The molecule has 0 nitrogen and oxygen atoms in total. The van der Waals surface area contributed by atoms with Crippen LogP contribution in [0.1, 0.15) is 30.5 Å². The average molecular weight is 301 g/mol. The summed E-state index contributed by atoms with van der Waals surface area (Å²) < 4.78 is 0. The predicted molar refractivity (Wildman–Crippen MR) is 81.5 cm³/mol. The second-order valence-corrected chi connectivity index (χ2v) is 6.24. The van der Waals surface area contributed by atoms with Gasteiger partial charge in [-0.3, -0.25) is 0 Å². The van der Waals surface area contributed by atoms with Crippen LogP contribution >= 0.6 is 15.9 Å². The molecule has 0 aromatic heterocycles. The van der Waals surface area contributed by atoms with Crippen LogP contribution in [0.4, 0.5) is 0 Å². The van der Waals surface area contributed by atoms with Gasteiger partial charge in [0, 0.05) is 10.7 Å². The van der Waals surface area contributed by atoms with E-state index >= 15 is 0 Å². The minimum atomic E-state index is 0.130. The van der Waals surface area contributed by atoms with Crippen molar-refractivity contribution in [1.29, 1.82) is 0 Å². The molecule has 0 spiro atoms. The lowest BCUT2D eigenvalue weighted by Gasteiger charge is -2.24. The molecule has 0 saturated heterocycles. The summed E-state index contributed by atoms with van der Waals surface area (Å²) >= 11 is 3.57. The second kappa shape index (κ2) is 4.24. The Hall–Kier alpha value is -1.08. The van der Waals surface area contributed by atoms with E-state index in [-0.39, 0.29) is 5.41 Å². The van der Waals surface area contributed by atoms with Crippen LogP contribution in [0.15, 0.2) is 42.5 Å². The zero-order valence-corrected chi connectivity index (χ0v) is 12.4. The van der Waals surface area contributed by atoms with Gasteiger partial charge >= 0.3 is 0 Å². The Labute approximate surface area is 117 Å². The van der Waals surface area contributed by atoms with E-state index in [9.17, 15) is 0 Å². The van der Waals surface area contributed by atoms with Gasteiger partial charge in [-0.2, -0.15) is 0 Å². The topological polar surface area (TPSA) is 0 Å². The van der Waals surface area contributed by atoms with Crippen LogP contribution in [0.25, 0.3) is 11.1 Å². The van der Waals surface area contributed by atoms with Crippen LogP contribution in [0.3, 0.4) is 0 Å². The molecular weight excluding hydrogens is 284 g/mol. The number of aryl methyl sites for hydroxylation is 1. The van der Waals surface area contributed by atoms with Crippen LogP contribution in [-0.4, -0.2) is 5.33 Å². The molecule has 0 N–H and O–H groups in total. The third kappa shape index (κ3) is 1.57. The fraction of sp³-hybridized carbons (Fsp3) is 0.294. The van der Waals surface area contributed by atoms with Crippen molar-refractivity contribution in [3.8, 4) is 11.1 Å². The summed E-state index contributed by atoms with van der Waals surface area (Å²) in [6.45, 7) is 4.69. The number of halogens is 1. The Balaban J connectivity index is 2.31. The highest BCUT2D eigenvalue weighted by Gasteiger charge is 2.36. The maximum absolute atomic E-state index is 3.57. The normalized spacial score (nSPS) is 15.3. The van der Waals surface area contributed by atoms with E-state index in [1.54, 1.807) is 0 Å². The minimum Gasteiger partial charge on any atom is -0.0924 e. The van der Waals surface area contributed by atoms with Crippen molar-refractivity contribution in [1.82, 2.24) is 0 Å². The Kier molecular flexibility index (Phi) is 2.82. The smallest absolute Gasteiger partial charge is 0.0161 e. The fourth-order valence-electron chi connectivity index (χ4n) is 3.27. The minimum absolute atomic E-state index is 0.130. The van der Waals surface area contributed by atoms with Gasteiger partial charge in [0.2, 0.25) is 0 Å². The van der Waals surface area contributed by atoms with E-state index in [0.717, 1.165) is 11.8 Å². The Bertz CT molecular complexity index is 596. The lowest BCUT2D eigenvalue weighted by atomic mass is 9.80. The molecule has 2 aromatic carbocycles. The highest BCUT2D eigenvalue weighted by Crippen LogP contribution is 2.49. The van der Waals surface area contributed by atoms with Gasteiger partial charge in [0.1, 0.15) is 0 Å².